The van der Waals surface area contributed by atoms with Crippen LogP contribution in [-0.2, 0) is 26.0 Å². The summed E-state index contributed by atoms with van der Waals surface area (Å²) < 4.78 is 18.8. The van der Waals surface area contributed by atoms with Crippen LogP contribution in [0.2, 0.25) is 0 Å². The van der Waals surface area contributed by atoms with Crippen molar-refractivity contribution in [1.29, 1.82) is 0 Å². The third-order valence-electron chi connectivity index (χ3n) is 10.9. The Labute approximate surface area is 393 Å². The zero-order valence-electron chi connectivity index (χ0n) is 36.1. The summed E-state index contributed by atoms with van der Waals surface area (Å²) in [4.78, 5) is 42.0. The van der Waals surface area contributed by atoms with Crippen LogP contribution >= 0.6 is 0 Å². The van der Waals surface area contributed by atoms with Gasteiger partial charge in [-0.1, -0.05) is 124 Å². The van der Waals surface area contributed by atoms with Crippen LogP contribution in [0.5, 0.6) is 23.0 Å². The molecule has 0 aliphatic carbocycles. The summed E-state index contributed by atoms with van der Waals surface area (Å²) in [6.07, 6.45) is 0.120. The summed E-state index contributed by atoms with van der Waals surface area (Å²) >= 11 is 0. The molecule has 4 N–H and O–H groups in total. The van der Waals surface area contributed by atoms with E-state index in [-0.39, 0.29) is 57.3 Å². The highest BCUT2D eigenvalue weighted by Crippen LogP contribution is 2.35. The first-order chi connectivity index (χ1) is 32.3. The summed E-state index contributed by atoms with van der Waals surface area (Å²) in [5.41, 5.74) is 8.33. The van der Waals surface area contributed by atoms with Gasteiger partial charge >= 0.3 is 0 Å². The Morgan fingerprint density at radius 3 is 1.60 bits per heavy atom. The van der Waals surface area contributed by atoms with Crippen LogP contribution in [0.15, 0.2) is 158 Å². The highest BCUT2D eigenvalue weighted by atomic mass is 16.5. The molecule has 10 rings (SSSR count). The molecule has 0 saturated heterocycles. The summed E-state index contributed by atoms with van der Waals surface area (Å²) in [5.74, 6) is 2.53. The lowest BCUT2D eigenvalue weighted by atomic mass is 10.1. The number of para-hydroxylation sites is 4. The minimum Gasteiger partial charge on any atom is -0.504 e. The van der Waals surface area contributed by atoms with E-state index < -0.39 is 0 Å². The van der Waals surface area contributed by atoms with Gasteiger partial charge in [0, 0.05) is 11.1 Å². The topological polar surface area (TPSA) is 186 Å². The number of aromatic amines is 3. The van der Waals surface area contributed by atoms with Gasteiger partial charge < -0.3 is 29.3 Å². The van der Waals surface area contributed by atoms with Crippen LogP contribution in [0, 0.1) is 0 Å². The van der Waals surface area contributed by atoms with Gasteiger partial charge in [0.25, 0.3) is 0 Å². The molecule has 0 unspecified atom stereocenters. The van der Waals surface area contributed by atoms with Gasteiger partial charge in [0.2, 0.25) is 0 Å². The fourth-order valence-electron chi connectivity index (χ4n) is 7.52. The lowest BCUT2D eigenvalue weighted by Gasteiger charge is -2.11. The number of ether oxygens (including phenoxy) is 3. The van der Waals surface area contributed by atoms with Crippen LogP contribution in [0.4, 0.5) is 0 Å². The first-order valence-corrected chi connectivity index (χ1v) is 21.1. The Morgan fingerprint density at radius 1 is 0.588 bits per heavy atom. The number of fused-ring (bicyclic) bond motifs is 2. The predicted molar refractivity (Wildman–Crippen MR) is 264 cm³/mol. The number of H-pyrrole nitrogens is 3. The lowest BCUT2D eigenvalue weighted by Crippen LogP contribution is -2.15. The number of hydrogen-bond acceptors (Lipinski definition) is 10. The van der Waals surface area contributed by atoms with Crippen molar-refractivity contribution >= 4 is 33.6 Å². The molecule has 4 heterocycles. The number of carbonyl (C=O) groups is 2. The molecule has 0 bridgehead atoms. The van der Waals surface area contributed by atoms with E-state index in [1.54, 1.807) is 18.9 Å². The monoisotopic (exact) mass is 908 g/mol. The number of hydrogen-bond donors (Lipinski definition) is 4. The molecular formula is C54H52N8O6. The molecule has 68 heavy (non-hydrogen) atoms. The average molecular weight is 909 g/mol. The van der Waals surface area contributed by atoms with Crippen LogP contribution in [0.25, 0.3) is 44.6 Å². The van der Waals surface area contributed by atoms with Crippen molar-refractivity contribution in [3.8, 4) is 45.5 Å². The van der Waals surface area contributed by atoms with E-state index in [9.17, 15) is 14.7 Å². The minimum atomic E-state index is -0.277. The Balaban J connectivity index is 0.000000224. The second-order valence-electron chi connectivity index (χ2n) is 15.3. The maximum Gasteiger partial charge on any atom is 0.192 e. The number of ketones is 2. The van der Waals surface area contributed by atoms with E-state index in [0.29, 0.717) is 41.0 Å². The zero-order valence-corrected chi connectivity index (χ0v) is 36.1. The standard InChI is InChI=1S/C34H30N4O4.C18H14N4O2.2CH4/c1-40-26-16-12-23(13-17-26)21-38-33(30(39)20-31-35-28-10-6-7-11-29(28)36-31)34(32(37-38)25-8-4-3-5-9-25)42-22-24-14-18-27(41-2)19-15-24;23-14(10-15-19-12-8-4-5-9-13(12)20-15)17-18(24)16(21-22-17)11-6-2-1-3-7-11;;/h3-19H,20-22H2,1-2H3,(H,35,36);1-9,24H,10H2,(H,19,20)(H,21,22);2*1H4. The number of imidazole rings is 2. The van der Waals surface area contributed by atoms with E-state index in [1.807, 2.05) is 158 Å². The van der Waals surface area contributed by atoms with E-state index in [4.69, 9.17) is 19.3 Å². The maximum atomic E-state index is 14.1. The molecule has 0 saturated carbocycles. The largest absolute Gasteiger partial charge is 0.504 e. The average Bonchev–Trinajstić information content (AvgIpc) is 4.15. The van der Waals surface area contributed by atoms with E-state index in [0.717, 1.165) is 55.8 Å². The summed E-state index contributed by atoms with van der Waals surface area (Å²) in [6.45, 7) is 0.625. The van der Waals surface area contributed by atoms with Gasteiger partial charge in [-0.05, 0) is 59.7 Å². The zero-order chi connectivity index (χ0) is 45.4. The smallest absolute Gasteiger partial charge is 0.192 e. The molecule has 0 amide bonds. The molecular weight excluding hydrogens is 857 g/mol. The molecule has 6 aromatic carbocycles. The Bertz CT molecular complexity index is 3180. The number of nitrogens with one attached hydrogen (secondary N) is 3. The van der Waals surface area contributed by atoms with Gasteiger partial charge in [-0.2, -0.15) is 10.2 Å². The quantitative estimate of drug-likeness (QED) is 0.0721. The SMILES string of the molecule is C.C.COc1ccc(COc2c(-c3ccccc3)nn(Cc3ccc(OC)cc3)c2C(=O)Cc2nc3ccccc3[nH]2)cc1.O=C(Cc1nc2ccccc2[nH]1)c1[nH]nc(-c2ccccc2)c1O. The van der Waals surface area contributed by atoms with Crippen molar-refractivity contribution < 1.29 is 28.9 Å². The number of rotatable bonds is 15. The molecule has 0 fully saturated rings. The van der Waals surface area contributed by atoms with Crippen LogP contribution in [0.3, 0.4) is 0 Å². The molecule has 0 aliphatic heterocycles. The Hall–Kier alpha value is -8.78. The van der Waals surface area contributed by atoms with Crippen molar-refractivity contribution in [2.45, 2.75) is 40.8 Å². The second kappa shape index (κ2) is 21.5. The van der Waals surface area contributed by atoms with Gasteiger partial charge in [0.1, 0.15) is 52.5 Å². The van der Waals surface area contributed by atoms with E-state index in [1.165, 1.54) is 0 Å². The van der Waals surface area contributed by atoms with Gasteiger partial charge in [0.05, 0.1) is 55.7 Å². The first kappa shape index (κ1) is 47.2. The van der Waals surface area contributed by atoms with E-state index >= 15 is 0 Å². The van der Waals surface area contributed by atoms with Gasteiger partial charge in [-0.25, -0.2) is 9.97 Å². The van der Waals surface area contributed by atoms with Crippen molar-refractivity contribution in [3.63, 3.8) is 0 Å². The number of aromatic nitrogens is 8. The highest BCUT2D eigenvalue weighted by Gasteiger charge is 2.28. The minimum absolute atomic E-state index is 0. The summed E-state index contributed by atoms with van der Waals surface area (Å²) in [7, 11) is 3.27. The molecule has 0 atom stereocenters. The van der Waals surface area contributed by atoms with Gasteiger partial charge in [-0.3, -0.25) is 19.4 Å². The van der Waals surface area contributed by atoms with Gasteiger partial charge in [-0.15, -0.1) is 0 Å². The summed E-state index contributed by atoms with van der Waals surface area (Å²) in [5, 5.41) is 22.0. The fourth-order valence-corrected chi connectivity index (χ4v) is 7.52. The van der Waals surface area contributed by atoms with Crippen molar-refractivity contribution in [3.05, 3.63) is 192 Å². The number of Topliss-reactive ketones (excluding diaryl/α,β-unsaturated/α-hetero) is 2. The highest BCUT2D eigenvalue weighted by molar-refractivity contribution is 6.01. The normalized spacial score (nSPS) is 10.7. The Kier molecular flexibility index (Phi) is 14.9. The molecule has 344 valence electrons. The van der Waals surface area contributed by atoms with Gasteiger partial charge in [0.15, 0.2) is 23.1 Å². The molecule has 4 aromatic heterocycles. The van der Waals surface area contributed by atoms with E-state index in [2.05, 4.69) is 30.1 Å². The Morgan fingerprint density at radius 2 is 1.07 bits per heavy atom. The number of methoxy groups -OCH3 is 2. The van der Waals surface area contributed by atoms with Crippen LogP contribution in [-0.4, -0.2) is 70.8 Å². The molecule has 14 nitrogen and oxygen atoms in total. The molecule has 0 spiro atoms. The van der Waals surface area contributed by atoms with Crippen molar-refractivity contribution in [1.82, 2.24) is 39.9 Å². The number of nitrogens with zero attached hydrogens (tertiary/aromatic N) is 5. The molecule has 0 radical (unpaired) electrons. The second-order valence-corrected chi connectivity index (χ2v) is 15.3. The molecule has 14 heteroatoms. The maximum absolute atomic E-state index is 14.1. The molecule has 10 aromatic rings. The number of benzene rings is 6. The fraction of sp³-hybridized carbons (Fsp3) is 0.148. The third-order valence-corrected chi connectivity index (χ3v) is 10.9. The van der Waals surface area contributed by atoms with Crippen LogP contribution < -0.4 is 14.2 Å². The summed E-state index contributed by atoms with van der Waals surface area (Å²) in [6, 6.07) is 49.7. The molecule has 0 aliphatic rings. The number of carbonyl (C=O) groups excluding carboxylic acids is 2. The predicted octanol–water partition coefficient (Wildman–Crippen LogP) is 10.9. The first-order valence-electron chi connectivity index (χ1n) is 21.1. The lowest BCUT2D eigenvalue weighted by molar-refractivity contribution is 0.0970. The van der Waals surface area contributed by atoms with Crippen LogP contribution in [0.1, 0.15) is 58.6 Å². The third kappa shape index (κ3) is 10.5. The number of aromatic hydroxyl groups is 1. The van der Waals surface area contributed by atoms with Crippen molar-refractivity contribution in [2.75, 3.05) is 14.2 Å². The van der Waals surface area contributed by atoms with Crippen molar-refractivity contribution in [2.24, 2.45) is 0 Å².